The van der Waals surface area contributed by atoms with E-state index in [9.17, 15) is 9.59 Å². The van der Waals surface area contributed by atoms with Crippen LogP contribution in [0.3, 0.4) is 0 Å². The summed E-state index contributed by atoms with van der Waals surface area (Å²) in [6, 6.07) is 5.76. The number of ether oxygens (including phenoxy) is 1. The van der Waals surface area contributed by atoms with E-state index < -0.39 is 5.60 Å². The Morgan fingerprint density at radius 1 is 1.30 bits per heavy atom. The smallest absolute Gasteiger partial charge is 0.311 e. The first-order chi connectivity index (χ1) is 14.0. The minimum absolute atomic E-state index is 0.0338. The predicted molar refractivity (Wildman–Crippen MR) is 119 cm³/mol. The first kappa shape index (κ1) is 21.6. The van der Waals surface area contributed by atoms with Crippen LogP contribution in [0.1, 0.15) is 50.4 Å². The van der Waals surface area contributed by atoms with Gasteiger partial charge in [0, 0.05) is 22.6 Å². The maximum Gasteiger partial charge on any atom is 0.311 e. The number of rotatable bonds is 3. The third-order valence-corrected chi connectivity index (χ3v) is 6.75. The van der Waals surface area contributed by atoms with E-state index in [1.807, 2.05) is 62.9 Å². The van der Waals surface area contributed by atoms with Crippen LogP contribution in [-0.4, -0.2) is 65.8 Å². The summed E-state index contributed by atoms with van der Waals surface area (Å²) in [5.41, 5.74) is 0.766. The lowest BCUT2D eigenvalue weighted by Crippen LogP contribution is -2.61. The number of carbonyl (C=O) groups is 2. The average molecular weight is 479 g/mol. The lowest BCUT2D eigenvalue weighted by atomic mass is 9.75. The van der Waals surface area contributed by atoms with Crippen molar-refractivity contribution in [2.24, 2.45) is 5.92 Å². The maximum atomic E-state index is 13.5. The van der Waals surface area contributed by atoms with Crippen LogP contribution in [0.15, 0.2) is 22.7 Å². The zero-order valence-corrected chi connectivity index (χ0v) is 19.9. The molecule has 2 fully saturated rings. The molecule has 4 atom stereocenters. The second-order valence-electron chi connectivity index (χ2n) is 9.91. The number of anilines is 1. The van der Waals surface area contributed by atoms with Crippen LogP contribution in [0.4, 0.5) is 5.69 Å². The fraction of sp³-hybridized carbons (Fsp3) is 0.636. The van der Waals surface area contributed by atoms with Gasteiger partial charge in [0.15, 0.2) is 6.29 Å². The Labute approximate surface area is 186 Å². The number of nitrogens with zero attached hydrogens (tertiary/aromatic N) is 2. The molecule has 7 nitrogen and oxygen atoms in total. The molecule has 2 heterocycles. The number of amides is 1. The first-order valence-electron chi connectivity index (χ1n) is 10.5. The molecule has 1 aromatic rings. The van der Waals surface area contributed by atoms with E-state index in [4.69, 9.17) is 4.74 Å². The maximum absolute atomic E-state index is 13.5. The second-order valence-corrected chi connectivity index (χ2v) is 10.8. The standard InChI is InChI=1S/C22H31BrN4O3/c1-21(2,3)30-19(29)16-9-7-14(11-22(16)12-24-22)27-18(28)15-8-6-13(23)10-17(15)25-20(27)26(4)5/h6,8,10,14,16,20,24-25H,7,9,11-12H2,1-5H3. The van der Waals surface area contributed by atoms with E-state index in [2.05, 4.69) is 26.6 Å². The van der Waals surface area contributed by atoms with Crippen LogP contribution in [-0.2, 0) is 9.53 Å². The van der Waals surface area contributed by atoms with Gasteiger partial charge in [0.1, 0.15) is 5.60 Å². The molecule has 0 radical (unpaired) electrons. The summed E-state index contributed by atoms with van der Waals surface area (Å²) in [7, 11) is 3.94. The summed E-state index contributed by atoms with van der Waals surface area (Å²) in [6.45, 7) is 6.50. The highest BCUT2D eigenvalue weighted by atomic mass is 79.9. The SMILES string of the molecule is CN(C)C1Nc2cc(Br)ccc2C(=O)N1C1CCC(C(=O)OC(C)(C)C)C2(CN2)C1. The van der Waals surface area contributed by atoms with Gasteiger partial charge in [0.2, 0.25) is 0 Å². The van der Waals surface area contributed by atoms with E-state index in [0.717, 1.165) is 29.5 Å². The van der Waals surface area contributed by atoms with Crippen LogP contribution in [0.25, 0.3) is 0 Å². The minimum atomic E-state index is -0.495. The number of benzene rings is 1. The Bertz CT molecular complexity index is 862. The summed E-state index contributed by atoms with van der Waals surface area (Å²) in [5.74, 6) is -0.262. The Hall–Kier alpha value is -1.64. The van der Waals surface area contributed by atoms with Gasteiger partial charge in [0.05, 0.1) is 17.2 Å². The molecule has 4 unspecified atom stereocenters. The zero-order chi connectivity index (χ0) is 21.8. The molecule has 4 rings (SSSR count). The van der Waals surface area contributed by atoms with Crippen molar-refractivity contribution in [2.45, 2.75) is 63.5 Å². The fourth-order valence-corrected chi connectivity index (χ4v) is 5.14. The molecule has 1 aromatic carbocycles. The topological polar surface area (TPSA) is 83.8 Å². The van der Waals surface area contributed by atoms with Gasteiger partial charge in [-0.15, -0.1) is 0 Å². The van der Waals surface area contributed by atoms with E-state index in [-0.39, 0.29) is 35.7 Å². The van der Waals surface area contributed by atoms with Crippen molar-refractivity contribution in [1.82, 2.24) is 15.1 Å². The molecule has 30 heavy (non-hydrogen) atoms. The average Bonchev–Trinajstić information content (AvgIpc) is 3.38. The molecule has 8 heteroatoms. The minimum Gasteiger partial charge on any atom is -0.460 e. The van der Waals surface area contributed by atoms with Gasteiger partial charge in [-0.05, 0) is 72.3 Å². The highest BCUT2D eigenvalue weighted by Gasteiger charge is 2.58. The van der Waals surface area contributed by atoms with Gasteiger partial charge >= 0.3 is 5.97 Å². The van der Waals surface area contributed by atoms with E-state index >= 15 is 0 Å². The first-order valence-corrected chi connectivity index (χ1v) is 11.3. The zero-order valence-electron chi connectivity index (χ0n) is 18.3. The Morgan fingerprint density at radius 3 is 2.60 bits per heavy atom. The molecule has 1 spiro atoms. The number of carbonyl (C=O) groups excluding carboxylic acids is 2. The van der Waals surface area contributed by atoms with Crippen molar-refractivity contribution >= 4 is 33.5 Å². The van der Waals surface area contributed by atoms with Crippen LogP contribution in [0.2, 0.25) is 0 Å². The highest BCUT2D eigenvalue weighted by Crippen LogP contribution is 2.45. The molecule has 0 aromatic heterocycles. The molecule has 164 valence electrons. The van der Waals surface area contributed by atoms with E-state index in [1.165, 1.54) is 0 Å². The quantitative estimate of drug-likeness (QED) is 0.513. The fourth-order valence-electron chi connectivity index (χ4n) is 4.78. The van der Waals surface area contributed by atoms with Crippen molar-refractivity contribution in [3.63, 3.8) is 0 Å². The lowest BCUT2D eigenvalue weighted by Gasteiger charge is -2.48. The predicted octanol–water partition coefficient (Wildman–Crippen LogP) is 3.01. The van der Waals surface area contributed by atoms with Crippen LogP contribution < -0.4 is 10.6 Å². The van der Waals surface area contributed by atoms with Crippen molar-refractivity contribution < 1.29 is 14.3 Å². The normalized spacial score (nSPS) is 30.8. The van der Waals surface area contributed by atoms with Gasteiger partial charge in [-0.1, -0.05) is 15.9 Å². The second kappa shape index (κ2) is 7.50. The summed E-state index contributed by atoms with van der Waals surface area (Å²) in [5, 5.41) is 6.96. The molecular formula is C22H31BrN4O3. The lowest BCUT2D eigenvalue weighted by molar-refractivity contribution is -0.162. The van der Waals surface area contributed by atoms with E-state index in [0.29, 0.717) is 12.0 Å². The van der Waals surface area contributed by atoms with Crippen molar-refractivity contribution in [3.05, 3.63) is 28.2 Å². The molecule has 2 aliphatic heterocycles. The number of hydrogen-bond acceptors (Lipinski definition) is 6. The number of fused-ring (bicyclic) bond motifs is 1. The van der Waals surface area contributed by atoms with Gasteiger partial charge in [-0.3, -0.25) is 14.5 Å². The monoisotopic (exact) mass is 478 g/mol. The van der Waals surface area contributed by atoms with E-state index in [1.54, 1.807) is 0 Å². The number of halogens is 1. The molecule has 1 aliphatic carbocycles. The molecule has 1 saturated carbocycles. The van der Waals surface area contributed by atoms with Crippen LogP contribution >= 0.6 is 15.9 Å². The van der Waals surface area contributed by atoms with Crippen molar-refractivity contribution in [2.75, 3.05) is 26.0 Å². The largest absolute Gasteiger partial charge is 0.460 e. The van der Waals surface area contributed by atoms with Crippen LogP contribution in [0.5, 0.6) is 0 Å². The third kappa shape index (κ3) is 3.97. The highest BCUT2D eigenvalue weighted by molar-refractivity contribution is 9.10. The van der Waals surface area contributed by atoms with Gasteiger partial charge < -0.3 is 20.3 Å². The molecule has 2 N–H and O–H groups in total. The van der Waals surface area contributed by atoms with Gasteiger partial charge in [-0.2, -0.15) is 0 Å². The number of esters is 1. The number of nitrogens with one attached hydrogen (secondary N) is 2. The Morgan fingerprint density at radius 2 is 2.00 bits per heavy atom. The molecule has 3 aliphatic rings. The summed E-state index contributed by atoms with van der Waals surface area (Å²) >= 11 is 3.49. The van der Waals surface area contributed by atoms with Crippen molar-refractivity contribution in [1.29, 1.82) is 0 Å². The van der Waals surface area contributed by atoms with Crippen molar-refractivity contribution in [3.8, 4) is 0 Å². The molecular weight excluding hydrogens is 448 g/mol. The van der Waals surface area contributed by atoms with Gasteiger partial charge in [-0.25, -0.2) is 0 Å². The molecule has 0 bridgehead atoms. The van der Waals surface area contributed by atoms with Gasteiger partial charge in [0.25, 0.3) is 5.91 Å². The number of hydrogen-bond donors (Lipinski definition) is 2. The summed E-state index contributed by atoms with van der Waals surface area (Å²) in [4.78, 5) is 30.3. The summed E-state index contributed by atoms with van der Waals surface area (Å²) < 4.78 is 6.62. The summed E-state index contributed by atoms with van der Waals surface area (Å²) in [6.07, 6.45) is 2.00. The molecule has 1 saturated heterocycles. The molecule has 1 amide bonds. The third-order valence-electron chi connectivity index (χ3n) is 6.25. The van der Waals surface area contributed by atoms with Crippen LogP contribution in [0, 0.1) is 5.92 Å². The Kier molecular flexibility index (Phi) is 5.39. The Balaban J connectivity index is 1.57.